The van der Waals surface area contributed by atoms with Gasteiger partial charge in [0.15, 0.2) is 0 Å². The summed E-state index contributed by atoms with van der Waals surface area (Å²) >= 11 is 0. The molecule has 1 saturated carbocycles. The van der Waals surface area contributed by atoms with E-state index in [1.165, 1.54) is 12.8 Å². The lowest BCUT2D eigenvalue weighted by Gasteiger charge is -2.17. The number of carbonyl (C=O) groups excluding carboxylic acids is 2. The van der Waals surface area contributed by atoms with Crippen LogP contribution >= 0.6 is 0 Å². The molecular formula is C19H28N2O2. The Kier molecular flexibility index (Phi) is 6.63. The fourth-order valence-electron chi connectivity index (χ4n) is 3.25. The summed E-state index contributed by atoms with van der Waals surface area (Å²) in [6.45, 7) is 4.10. The van der Waals surface area contributed by atoms with Gasteiger partial charge in [-0.1, -0.05) is 57.7 Å². The second kappa shape index (κ2) is 8.70. The molecule has 4 heteroatoms. The Morgan fingerprint density at radius 1 is 0.957 bits per heavy atom. The van der Waals surface area contributed by atoms with Crippen LogP contribution in [0.1, 0.15) is 63.5 Å². The molecule has 4 nitrogen and oxygen atoms in total. The number of para-hydroxylation sites is 1. The molecule has 1 aliphatic carbocycles. The fraction of sp³-hybridized carbons (Fsp3) is 0.579. The highest BCUT2D eigenvalue weighted by atomic mass is 16.2. The molecule has 2 rings (SSSR count). The summed E-state index contributed by atoms with van der Waals surface area (Å²) in [4.78, 5) is 24.5. The maximum absolute atomic E-state index is 12.3. The average Bonchev–Trinajstić information content (AvgIpc) is 2.83. The average molecular weight is 316 g/mol. The Bertz CT molecular complexity index is 524. The number of nitrogens with one attached hydrogen (secondary N) is 2. The minimum atomic E-state index is -0.551. The molecule has 0 bridgehead atoms. The first-order valence-corrected chi connectivity index (χ1v) is 8.88. The van der Waals surface area contributed by atoms with Crippen molar-refractivity contribution in [3.05, 3.63) is 29.3 Å². The lowest BCUT2D eigenvalue weighted by Crippen LogP contribution is -2.41. The van der Waals surface area contributed by atoms with Gasteiger partial charge in [-0.05, 0) is 36.8 Å². The summed E-state index contributed by atoms with van der Waals surface area (Å²) in [5, 5.41) is 5.74. The molecule has 1 fully saturated rings. The third kappa shape index (κ3) is 4.81. The smallest absolute Gasteiger partial charge is 0.313 e. The van der Waals surface area contributed by atoms with Crippen LogP contribution in [-0.4, -0.2) is 17.9 Å². The second-order valence-corrected chi connectivity index (χ2v) is 6.27. The summed E-state index contributed by atoms with van der Waals surface area (Å²) in [5.41, 5.74) is 2.94. The van der Waals surface area contributed by atoms with E-state index in [2.05, 4.69) is 24.5 Å². The van der Waals surface area contributed by atoms with Crippen molar-refractivity contribution in [1.29, 1.82) is 0 Å². The van der Waals surface area contributed by atoms with Gasteiger partial charge in [-0.25, -0.2) is 0 Å². The van der Waals surface area contributed by atoms with Crippen molar-refractivity contribution < 1.29 is 9.59 Å². The molecule has 23 heavy (non-hydrogen) atoms. The topological polar surface area (TPSA) is 58.2 Å². The highest BCUT2D eigenvalue weighted by molar-refractivity contribution is 6.39. The standard InChI is InChI=1S/C19H28N2O2/c1-3-14-10-9-11-15(4-2)17(14)21-19(23)18(22)20-16-12-7-5-6-8-13-16/h9-11,16H,3-8,12-13H2,1-2H3,(H,20,22)(H,21,23). The van der Waals surface area contributed by atoms with Crippen molar-refractivity contribution in [3.63, 3.8) is 0 Å². The van der Waals surface area contributed by atoms with Crippen LogP contribution in [0.4, 0.5) is 5.69 Å². The Balaban J connectivity index is 2.02. The van der Waals surface area contributed by atoms with E-state index in [0.29, 0.717) is 0 Å². The van der Waals surface area contributed by atoms with Gasteiger partial charge in [0.1, 0.15) is 0 Å². The number of hydrogen-bond acceptors (Lipinski definition) is 2. The molecule has 0 saturated heterocycles. The molecule has 2 amide bonds. The van der Waals surface area contributed by atoms with Crippen LogP contribution in [0.2, 0.25) is 0 Å². The zero-order chi connectivity index (χ0) is 16.7. The predicted octanol–water partition coefficient (Wildman–Crippen LogP) is 3.59. The molecule has 1 aromatic rings. The Hall–Kier alpha value is -1.84. The first kappa shape index (κ1) is 17.5. The Morgan fingerprint density at radius 3 is 2.04 bits per heavy atom. The van der Waals surface area contributed by atoms with Crippen molar-refractivity contribution in [3.8, 4) is 0 Å². The number of benzene rings is 1. The van der Waals surface area contributed by atoms with Crippen molar-refractivity contribution in [2.24, 2.45) is 0 Å². The highest BCUT2D eigenvalue weighted by Crippen LogP contribution is 2.22. The van der Waals surface area contributed by atoms with Gasteiger partial charge in [0, 0.05) is 11.7 Å². The summed E-state index contributed by atoms with van der Waals surface area (Å²) in [7, 11) is 0. The number of aryl methyl sites for hydroxylation is 2. The molecule has 0 unspecified atom stereocenters. The van der Waals surface area contributed by atoms with Gasteiger partial charge in [-0.15, -0.1) is 0 Å². The number of anilines is 1. The third-order valence-electron chi connectivity index (χ3n) is 4.63. The Morgan fingerprint density at radius 2 is 1.52 bits per heavy atom. The fourth-order valence-corrected chi connectivity index (χ4v) is 3.25. The molecule has 0 atom stereocenters. The highest BCUT2D eigenvalue weighted by Gasteiger charge is 2.21. The maximum atomic E-state index is 12.3. The number of carbonyl (C=O) groups is 2. The van der Waals surface area contributed by atoms with Crippen molar-refractivity contribution in [2.45, 2.75) is 71.3 Å². The van der Waals surface area contributed by atoms with Crippen LogP contribution in [-0.2, 0) is 22.4 Å². The second-order valence-electron chi connectivity index (χ2n) is 6.27. The first-order chi connectivity index (χ1) is 11.2. The molecule has 0 radical (unpaired) electrons. The molecule has 1 aromatic carbocycles. The monoisotopic (exact) mass is 316 g/mol. The summed E-state index contributed by atoms with van der Waals surface area (Å²) in [6.07, 6.45) is 8.32. The third-order valence-corrected chi connectivity index (χ3v) is 4.63. The predicted molar refractivity (Wildman–Crippen MR) is 93.5 cm³/mol. The zero-order valence-electron chi connectivity index (χ0n) is 14.3. The van der Waals surface area contributed by atoms with E-state index in [9.17, 15) is 9.59 Å². The molecule has 0 aliphatic heterocycles. The molecular weight excluding hydrogens is 288 g/mol. The molecule has 0 heterocycles. The van der Waals surface area contributed by atoms with E-state index in [4.69, 9.17) is 0 Å². The van der Waals surface area contributed by atoms with E-state index in [0.717, 1.165) is 55.3 Å². The van der Waals surface area contributed by atoms with E-state index in [1.807, 2.05) is 18.2 Å². The van der Waals surface area contributed by atoms with Crippen LogP contribution in [0.25, 0.3) is 0 Å². The van der Waals surface area contributed by atoms with E-state index in [-0.39, 0.29) is 6.04 Å². The van der Waals surface area contributed by atoms with E-state index >= 15 is 0 Å². The van der Waals surface area contributed by atoms with Crippen LogP contribution in [0.3, 0.4) is 0 Å². The summed E-state index contributed by atoms with van der Waals surface area (Å²) in [5.74, 6) is -1.06. The number of rotatable bonds is 4. The van der Waals surface area contributed by atoms with Gasteiger partial charge in [-0.3, -0.25) is 9.59 Å². The molecule has 2 N–H and O–H groups in total. The van der Waals surface area contributed by atoms with Gasteiger partial charge in [0.25, 0.3) is 0 Å². The van der Waals surface area contributed by atoms with E-state index < -0.39 is 11.8 Å². The van der Waals surface area contributed by atoms with Crippen LogP contribution in [0.15, 0.2) is 18.2 Å². The quantitative estimate of drug-likeness (QED) is 0.659. The van der Waals surface area contributed by atoms with Crippen LogP contribution in [0, 0.1) is 0 Å². The largest absolute Gasteiger partial charge is 0.345 e. The lowest BCUT2D eigenvalue weighted by atomic mass is 10.0. The first-order valence-electron chi connectivity index (χ1n) is 8.88. The Labute approximate surface area is 139 Å². The van der Waals surface area contributed by atoms with Crippen molar-refractivity contribution >= 4 is 17.5 Å². The van der Waals surface area contributed by atoms with Gasteiger partial charge < -0.3 is 10.6 Å². The minimum absolute atomic E-state index is 0.141. The van der Waals surface area contributed by atoms with Gasteiger partial charge in [0.05, 0.1) is 0 Å². The van der Waals surface area contributed by atoms with Crippen molar-refractivity contribution in [2.75, 3.05) is 5.32 Å². The molecule has 0 spiro atoms. The molecule has 0 aromatic heterocycles. The van der Waals surface area contributed by atoms with Crippen LogP contribution in [0.5, 0.6) is 0 Å². The maximum Gasteiger partial charge on any atom is 0.313 e. The summed E-state index contributed by atoms with van der Waals surface area (Å²) < 4.78 is 0. The lowest BCUT2D eigenvalue weighted by molar-refractivity contribution is -0.136. The van der Waals surface area contributed by atoms with Gasteiger partial charge in [-0.2, -0.15) is 0 Å². The molecule has 126 valence electrons. The summed E-state index contributed by atoms with van der Waals surface area (Å²) in [6, 6.07) is 6.14. The SMILES string of the molecule is CCc1cccc(CC)c1NC(=O)C(=O)NC1CCCCCC1. The molecule has 1 aliphatic rings. The van der Waals surface area contributed by atoms with E-state index in [1.54, 1.807) is 0 Å². The zero-order valence-corrected chi connectivity index (χ0v) is 14.3. The van der Waals surface area contributed by atoms with Crippen LogP contribution < -0.4 is 10.6 Å². The normalized spacial score (nSPS) is 15.7. The van der Waals surface area contributed by atoms with Crippen molar-refractivity contribution in [1.82, 2.24) is 5.32 Å². The van der Waals surface area contributed by atoms with Gasteiger partial charge >= 0.3 is 11.8 Å². The van der Waals surface area contributed by atoms with Gasteiger partial charge in [0.2, 0.25) is 0 Å². The minimum Gasteiger partial charge on any atom is -0.345 e. The number of hydrogen-bond donors (Lipinski definition) is 2. The number of amides is 2.